The van der Waals surface area contributed by atoms with Crippen LogP contribution in [0.3, 0.4) is 0 Å². The Kier molecular flexibility index (Phi) is 3.30. The smallest absolute Gasteiger partial charge is 0.0566 e. The van der Waals surface area contributed by atoms with Crippen LogP contribution < -0.4 is 0 Å². The molecule has 0 aromatic carbocycles. The first kappa shape index (κ1) is 12.0. The number of aliphatic hydroxyl groups excluding tert-OH is 1. The van der Waals surface area contributed by atoms with Gasteiger partial charge in [-0.1, -0.05) is 34.6 Å². The van der Waals surface area contributed by atoms with Crippen LogP contribution in [0.15, 0.2) is 0 Å². The Morgan fingerprint density at radius 1 is 1.14 bits per heavy atom. The molecule has 0 bridgehead atoms. The fourth-order valence-electron chi connectivity index (χ4n) is 3.54. The quantitative estimate of drug-likeness (QED) is 0.718. The molecular weight excluding hydrogens is 172 g/mol. The second-order valence-electron chi connectivity index (χ2n) is 6.65. The van der Waals surface area contributed by atoms with Crippen LogP contribution in [0.25, 0.3) is 0 Å². The summed E-state index contributed by atoms with van der Waals surface area (Å²) in [5.41, 5.74) is 0.811. The minimum Gasteiger partial charge on any atom is -0.393 e. The van der Waals surface area contributed by atoms with Gasteiger partial charge in [-0.2, -0.15) is 0 Å². The SMILES string of the molecule is CCC(O)C1CC(C)(C)CC(C)(C)C1. The molecule has 1 unspecified atom stereocenters. The molecule has 1 fully saturated rings. The molecule has 0 aromatic rings. The third-order valence-electron chi connectivity index (χ3n) is 3.55. The van der Waals surface area contributed by atoms with Gasteiger partial charge in [0.25, 0.3) is 0 Å². The zero-order valence-electron chi connectivity index (χ0n) is 10.4. The van der Waals surface area contributed by atoms with E-state index in [-0.39, 0.29) is 6.10 Å². The topological polar surface area (TPSA) is 20.2 Å². The van der Waals surface area contributed by atoms with Gasteiger partial charge in [-0.15, -0.1) is 0 Å². The molecule has 1 aliphatic carbocycles. The standard InChI is InChI=1S/C13H26O/c1-6-11(14)10-7-12(2,3)9-13(4,5)8-10/h10-11,14H,6-9H2,1-5H3. The number of rotatable bonds is 2. The predicted octanol–water partition coefficient (Wildman–Crippen LogP) is 3.61. The summed E-state index contributed by atoms with van der Waals surface area (Å²) < 4.78 is 0. The maximum Gasteiger partial charge on any atom is 0.0566 e. The van der Waals surface area contributed by atoms with Gasteiger partial charge < -0.3 is 5.11 Å². The molecule has 14 heavy (non-hydrogen) atoms. The van der Waals surface area contributed by atoms with E-state index in [4.69, 9.17) is 0 Å². The Labute approximate surface area is 88.9 Å². The molecule has 0 radical (unpaired) electrons. The Morgan fingerprint density at radius 3 is 1.93 bits per heavy atom. The third-order valence-corrected chi connectivity index (χ3v) is 3.55. The molecule has 1 aliphatic rings. The summed E-state index contributed by atoms with van der Waals surface area (Å²) in [5.74, 6) is 0.513. The van der Waals surface area contributed by atoms with Gasteiger partial charge in [0.2, 0.25) is 0 Å². The van der Waals surface area contributed by atoms with Crippen LogP contribution in [0, 0.1) is 16.7 Å². The fraction of sp³-hybridized carbons (Fsp3) is 1.00. The molecule has 0 saturated heterocycles. The van der Waals surface area contributed by atoms with E-state index in [1.54, 1.807) is 0 Å². The lowest BCUT2D eigenvalue weighted by molar-refractivity contribution is -0.00692. The van der Waals surface area contributed by atoms with Crippen LogP contribution in [0.1, 0.15) is 60.3 Å². The van der Waals surface area contributed by atoms with Gasteiger partial charge in [0.1, 0.15) is 0 Å². The summed E-state index contributed by atoms with van der Waals surface area (Å²) in [7, 11) is 0. The van der Waals surface area contributed by atoms with Crippen molar-refractivity contribution in [2.45, 2.75) is 66.4 Å². The molecule has 0 aromatic heterocycles. The van der Waals surface area contributed by atoms with Crippen molar-refractivity contribution in [3.8, 4) is 0 Å². The van der Waals surface area contributed by atoms with Crippen molar-refractivity contribution in [3.05, 3.63) is 0 Å². The highest BCUT2D eigenvalue weighted by atomic mass is 16.3. The van der Waals surface area contributed by atoms with Crippen molar-refractivity contribution in [3.63, 3.8) is 0 Å². The highest BCUT2D eigenvalue weighted by Crippen LogP contribution is 2.49. The van der Waals surface area contributed by atoms with E-state index in [1.165, 1.54) is 19.3 Å². The van der Waals surface area contributed by atoms with Crippen LogP contribution in [-0.4, -0.2) is 11.2 Å². The highest BCUT2D eigenvalue weighted by molar-refractivity contribution is 4.91. The lowest BCUT2D eigenvalue weighted by Crippen LogP contribution is -2.38. The van der Waals surface area contributed by atoms with Crippen molar-refractivity contribution in [1.29, 1.82) is 0 Å². The molecule has 0 amide bonds. The zero-order chi connectivity index (χ0) is 11.0. The molecule has 0 heterocycles. The summed E-state index contributed by atoms with van der Waals surface area (Å²) in [5, 5.41) is 9.95. The maximum absolute atomic E-state index is 9.95. The molecule has 1 atom stereocenters. The summed E-state index contributed by atoms with van der Waals surface area (Å²) in [6.45, 7) is 11.4. The molecule has 1 heteroatoms. The normalized spacial score (nSPS) is 28.7. The number of hydrogen-bond donors (Lipinski definition) is 1. The second kappa shape index (κ2) is 3.84. The van der Waals surface area contributed by atoms with E-state index in [0.717, 1.165) is 6.42 Å². The van der Waals surface area contributed by atoms with Crippen LogP contribution in [0.2, 0.25) is 0 Å². The minimum atomic E-state index is -0.0890. The summed E-state index contributed by atoms with van der Waals surface area (Å²) in [4.78, 5) is 0. The van der Waals surface area contributed by atoms with Crippen LogP contribution in [0.4, 0.5) is 0 Å². The summed E-state index contributed by atoms with van der Waals surface area (Å²) >= 11 is 0. The molecular formula is C13H26O. The molecule has 84 valence electrons. The van der Waals surface area contributed by atoms with E-state index in [1.807, 2.05) is 0 Å². The van der Waals surface area contributed by atoms with Crippen molar-refractivity contribution in [2.75, 3.05) is 0 Å². The van der Waals surface area contributed by atoms with Gasteiger partial charge >= 0.3 is 0 Å². The Balaban J connectivity index is 2.71. The van der Waals surface area contributed by atoms with E-state index in [2.05, 4.69) is 34.6 Å². The van der Waals surface area contributed by atoms with Crippen LogP contribution >= 0.6 is 0 Å². The van der Waals surface area contributed by atoms with Gasteiger partial charge in [0.15, 0.2) is 0 Å². The van der Waals surface area contributed by atoms with Crippen LogP contribution in [0.5, 0.6) is 0 Å². The molecule has 1 N–H and O–H groups in total. The van der Waals surface area contributed by atoms with E-state index in [0.29, 0.717) is 16.7 Å². The molecule has 0 spiro atoms. The minimum absolute atomic E-state index is 0.0890. The summed E-state index contributed by atoms with van der Waals surface area (Å²) in [6.07, 6.45) is 4.47. The Bertz CT molecular complexity index is 177. The van der Waals surface area contributed by atoms with Crippen molar-refractivity contribution in [2.24, 2.45) is 16.7 Å². The third kappa shape index (κ3) is 2.98. The van der Waals surface area contributed by atoms with Gasteiger partial charge in [-0.25, -0.2) is 0 Å². The molecule has 0 aliphatic heterocycles. The average molecular weight is 198 g/mol. The first-order valence-corrected chi connectivity index (χ1v) is 5.94. The first-order chi connectivity index (χ1) is 6.26. The fourth-order valence-corrected chi connectivity index (χ4v) is 3.54. The van der Waals surface area contributed by atoms with Crippen molar-refractivity contribution in [1.82, 2.24) is 0 Å². The first-order valence-electron chi connectivity index (χ1n) is 5.94. The van der Waals surface area contributed by atoms with Crippen molar-refractivity contribution >= 4 is 0 Å². The van der Waals surface area contributed by atoms with E-state index in [9.17, 15) is 5.11 Å². The summed E-state index contributed by atoms with van der Waals surface area (Å²) in [6, 6.07) is 0. The van der Waals surface area contributed by atoms with Gasteiger partial charge in [0, 0.05) is 0 Å². The number of hydrogen-bond acceptors (Lipinski definition) is 1. The van der Waals surface area contributed by atoms with Crippen molar-refractivity contribution < 1.29 is 5.11 Å². The lowest BCUT2D eigenvalue weighted by atomic mass is 9.60. The predicted molar refractivity (Wildman–Crippen MR) is 61.2 cm³/mol. The van der Waals surface area contributed by atoms with Gasteiger partial charge in [-0.3, -0.25) is 0 Å². The molecule has 1 rings (SSSR count). The largest absolute Gasteiger partial charge is 0.393 e. The van der Waals surface area contributed by atoms with Gasteiger partial charge in [-0.05, 0) is 42.4 Å². The second-order valence-corrected chi connectivity index (χ2v) is 6.65. The zero-order valence-corrected chi connectivity index (χ0v) is 10.4. The van der Waals surface area contributed by atoms with Gasteiger partial charge in [0.05, 0.1) is 6.10 Å². The van der Waals surface area contributed by atoms with E-state index < -0.39 is 0 Å². The highest BCUT2D eigenvalue weighted by Gasteiger charge is 2.40. The molecule has 1 nitrogen and oxygen atoms in total. The Hall–Kier alpha value is -0.0400. The monoisotopic (exact) mass is 198 g/mol. The molecule has 1 saturated carbocycles. The Morgan fingerprint density at radius 2 is 1.57 bits per heavy atom. The van der Waals surface area contributed by atoms with E-state index >= 15 is 0 Å². The maximum atomic E-state index is 9.95. The lowest BCUT2D eigenvalue weighted by Gasteiger charge is -2.46. The average Bonchev–Trinajstić information content (AvgIpc) is 1.97. The van der Waals surface area contributed by atoms with Crippen LogP contribution in [-0.2, 0) is 0 Å². The number of aliphatic hydroxyl groups is 1.